The van der Waals surface area contributed by atoms with Crippen molar-refractivity contribution in [3.05, 3.63) is 35.9 Å². The molecular weight excluding hydrogens is 319 g/mol. The molecule has 0 aliphatic heterocycles. The van der Waals surface area contributed by atoms with E-state index in [1.165, 1.54) is 0 Å². The molecule has 0 radical (unpaired) electrons. The predicted octanol–water partition coefficient (Wildman–Crippen LogP) is 2.52. The van der Waals surface area contributed by atoms with E-state index in [0.717, 1.165) is 5.56 Å². The highest BCUT2D eigenvalue weighted by molar-refractivity contribution is 7.53. The quantitative estimate of drug-likeness (QED) is 0.533. The van der Waals surface area contributed by atoms with Crippen LogP contribution in [0.2, 0.25) is 0 Å². The minimum atomic E-state index is -4.39. The highest BCUT2D eigenvalue weighted by Gasteiger charge is 2.45. The van der Waals surface area contributed by atoms with Gasteiger partial charge in [0.15, 0.2) is 5.34 Å². The van der Waals surface area contributed by atoms with Crippen LogP contribution in [-0.2, 0) is 20.6 Å². The molecule has 7 heteroatoms. The molecule has 6 nitrogen and oxygen atoms in total. The molecule has 0 spiro atoms. The second-order valence-corrected chi connectivity index (χ2v) is 7.46. The number of hydrogen-bond acceptors (Lipinski definition) is 4. The van der Waals surface area contributed by atoms with Gasteiger partial charge >= 0.3 is 7.60 Å². The molecular formula is C16H27O6P. The number of benzene rings is 1. The molecule has 0 aromatic heterocycles. The van der Waals surface area contributed by atoms with E-state index in [1.807, 2.05) is 30.3 Å². The first-order chi connectivity index (χ1) is 10.9. The summed E-state index contributed by atoms with van der Waals surface area (Å²) in [6.45, 7) is 3.92. The summed E-state index contributed by atoms with van der Waals surface area (Å²) in [5.41, 5.74) is 1.02. The van der Waals surface area contributed by atoms with Crippen molar-refractivity contribution < 1.29 is 28.9 Å². The molecule has 0 fully saturated rings. The summed E-state index contributed by atoms with van der Waals surface area (Å²) in [6, 6.07) is 9.64. The van der Waals surface area contributed by atoms with Crippen LogP contribution >= 0.6 is 7.60 Å². The molecule has 0 bridgehead atoms. The number of hydrogen-bond donors (Lipinski definition) is 3. The molecule has 1 atom stereocenters. The van der Waals surface area contributed by atoms with Crippen LogP contribution in [0, 0.1) is 5.92 Å². The van der Waals surface area contributed by atoms with E-state index in [4.69, 9.17) is 9.47 Å². The maximum absolute atomic E-state index is 11.7. The SMILES string of the molecule is CCC(CC)(OCC(CO)COCc1ccccc1)P(=O)(O)O. The fourth-order valence-electron chi connectivity index (χ4n) is 2.29. The van der Waals surface area contributed by atoms with Gasteiger partial charge in [0.25, 0.3) is 0 Å². The van der Waals surface area contributed by atoms with Crippen LogP contribution in [0.25, 0.3) is 0 Å². The largest absolute Gasteiger partial charge is 0.396 e. The van der Waals surface area contributed by atoms with Crippen molar-refractivity contribution >= 4 is 7.60 Å². The normalized spacial score (nSPS) is 14.0. The summed E-state index contributed by atoms with van der Waals surface area (Å²) in [6.07, 6.45) is 0.410. The molecule has 0 aliphatic carbocycles. The number of aliphatic hydroxyl groups is 1. The van der Waals surface area contributed by atoms with E-state index in [2.05, 4.69) is 0 Å². The lowest BCUT2D eigenvalue weighted by molar-refractivity contribution is -0.0520. The topological polar surface area (TPSA) is 96.2 Å². The van der Waals surface area contributed by atoms with Crippen molar-refractivity contribution in [3.63, 3.8) is 0 Å². The van der Waals surface area contributed by atoms with Gasteiger partial charge in [0, 0.05) is 5.92 Å². The van der Waals surface area contributed by atoms with Crippen molar-refractivity contribution in [1.29, 1.82) is 0 Å². The van der Waals surface area contributed by atoms with Crippen LogP contribution in [-0.4, -0.2) is 40.1 Å². The average molecular weight is 346 g/mol. The van der Waals surface area contributed by atoms with Gasteiger partial charge in [-0.1, -0.05) is 44.2 Å². The molecule has 132 valence electrons. The van der Waals surface area contributed by atoms with E-state index >= 15 is 0 Å². The third-order valence-corrected chi connectivity index (χ3v) is 5.77. The van der Waals surface area contributed by atoms with Gasteiger partial charge in [-0.15, -0.1) is 0 Å². The third kappa shape index (κ3) is 5.99. The predicted molar refractivity (Wildman–Crippen MR) is 88.0 cm³/mol. The molecule has 0 saturated heterocycles. The standard InChI is InChI=1S/C16H27O6P/c1-3-16(4-2,23(18,19)20)22-13-15(10-17)12-21-11-14-8-6-5-7-9-14/h5-9,15,17H,3-4,10-13H2,1-2H3,(H2,18,19,20). The Hall–Kier alpha value is -0.750. The molecule has 1 rings (SSSR count). The molecule has 3 N–H and O–H groups in total. The van der Waals surface area contributed by atoms with Gasteiger partial charge < -0.3 is 24.4 Å². The number of ether oxygens (including phenoxy) is 2. The second kappa shape index (κ2) is 9.52. The Morgan fingerprint density at radius 1 is 1.13 bits per heavy atom. The Bertz CT molecular complexity index is 483. The van der Waals surface area contributed by atoms with Crippen molar-refractivity contribution in [1.82, 2.24) is 0 Å². The molecule has 0 aliphatic rings. The second-order valence-electron chi connectivity index (χ2n) is 5.56. The monoisotopic (exact) mass is 346 g/mol. The van der Waals surface area contributed by atoms with Gasteiger partial charge in [0.2, 0.25) is 0 Å². The zero-order chi connectivity index (χ0) is 17.3. The zero-order valence-corrected chi connectivity index (χ0v) is 14.6. The molecule has 1 aromatic rings. The van der Waals surface area contributed by atoms with Crippen LogP contribution < -0.4 is 0 Å². The van der Waals surface area contributed by atoms with Gasteiger partial charge in [0.1, 0.15) is 0 Å². The lowest BCUT2D eigenvalue weighted by atomic mass is 10.1. The van der Waals surface area contributed by atoms with Crippen LogP contribution in [0.15, 0.2) is 30.3 Å². The summed E-state index contributed by atoms with van der Waals surface area (Å²) in [4.78, 5) is 19.1. The van der Waals surface area contributed by atoms with Crippen molar-refractivity contribution in [3.8, 4) is 0 Å². The first-order valence-corrected chi connectivity index (χ1v) is 9.42. The Labute approximate surface area is 137 Å². The maximum atomic E-state index is 11.7. The Morgan fingerprint density at radius 2 is 1.74 bits per heavy atom. The van der Waals surface area contributed by atoms with Gasteiger partial charge in [-0.3, -0.25) is 4.57 Å². The highest BCUT2D eigenvalue weighted by atomic mass is 31.2. The molecule has 23 heavy (non-hydrogen) atoms. The minimum absolute atomic E-state index is 0.0398. The molecule has 0 heterocycles. The van der Waals surface area contributed by atoms with Crippen LogP contribution in [0.3, 0.4) is 0 Å². The van der Waals surface area contributed by atoms with E-state index in [-0.39, 0.29) is 38.6 Å². The molecule has 0 amide bonds. The van der Waals surface area contributed by atoms with Gasteiger partial charge in [-0.2, -0.15) is 0 Å². The zero-order valence-electron chi connectivity index (χ0n) is 13.7. The number of rotatable bonds is 11. The van der Waals surface area contributed by atoms with Crippen LogP contribution in [0.1, 0.15) is 32.3 Å². The third-order valence-electron chi connectivity index (χ3n) is 3.95. The van der Waals surface area contributed by atoms with E-state index in [9.17, 15) is 19.5 Å². The highest BCUT2D eigenvalue weighted by Crippen LogP contribution is 2.55. The van der Waals surface area contributed by atoms with E-state index in [1.54, 1.807) is 13.8 Å². The van der Waals surface area contributed by atoms with Crippen molar-refractivity contribution in [2.75, 3.05) is 19.8 Å². The summed E-state index contributed by atoms with van der Waals surface area (Å²) >= 11 is 0. The summed E-state index contributed by atoms with van der Waals surface area (Å²) in [7, 11) is -4.39. The van der Waals surface area contributed by atoms with Gasteiger partial charge in [0.05, 0.1) is 26.4 Å². The van der Waals surface area contributed by atoms with Crippen LogP contribution in [0.4, 0.5) is 0 Å². The summed E-state index contributed by atoms with van der Waals surface area (Å²) < 4.78 is 22.8. The van der Waals surface area contributed by atoms with E-state index < -0.39 is 12.9 Å². The summed E-state index contributed by atoms with van der Waals surface area (Å²) in [5, 5.41) is 7.93. The molecule has 1 unspecified atom stereocenters. The Balaban J connectivity index is 2.50. The first-order valence-electron chi connectivity index (χ1n) is 7.80. The fourth-order valence-corrected chi connectivity index (χ4v) is 3.36. The average Bonchev–Trinajstić information content (AvgIpc) is 2.54. The van der Waals surface area contributed by atoms with Crippen LogP contribution in [0.5, 0.6) is 0 Å². The fraction of sp³-hybridized carbons (Fsp3) is 0.625. The lowest BCUT2D eigenvalue weighted by Crippen LogP contribution is -2.34. The Kier molecular flexibility index (Phi) is 8.40. The smallest absolute Gasteiger partial charge is 0.357 e. The van der Waals surface area contributed by atoms with Gasteiger partial charge in [-0.25, -0.2) is 0 Å². The molecule has 0 saturated carbocycles. The van der Waals surface area contributed by atoms with Crippen molar-refractivity contribution in [2.45, 2.75) is 38.6 Å². The Morgan fingerprint density at radius 3 is 2.22 bits per heavy atom. The lowest BCUT2D eigenvalue weighted by Gasteiger charge is -2.33. The number of aliphatic hydroxyl groups excluding tert-OH is 1. The van der Waals surface area contributed by atoms with Gasteiger partial charge in [-0.05, 0) is 18.4 Å². The molecule has 1 aromatic carbocycles. The minimum Gasteiger partial charge on any atom is -0.396 e. The maximum Gasteiger partial charge on any atom is 0.357 e. The van der Waals surface area contributed by atoms with E-state index in [0.29, 0.717) is 6.61 Å². The first kappa shape index (κ1) is 20.3. The summed E-state index contributed by atoms with van der Waals surface area (Å²) in [5.74, 6) is -0.331. The van der Waals surface area contributed by atoms with Crippen molar-refractivity contribution in [2.24, 2.45) is 5.92 Å².